The highest BCUT2D eigenvalue weighted by Gasteiger charge is 2.27. The van der Waals surface area contributed by atoms with Crippen molar-refractivity contribution in [3.05, 3.63) is 95.1 Å². The molecule has 0 fully saturated rings. The molecule has 0 spiro atoms. The summed E-state index contributed by atoms with van der Waals surface area (Å²) in [6.45, 7) is 6.03. The number of nitrogens with zero attached hydrogens (tertiary/aromatic N) is 1. The fraction of sp³-hybridized carbons (Fsp3) is 0.231. The Morgan fingerprint density at radius 1 is 0.839 bits per heavy atom. The fourth-order valence-corrected chi connectivity index (χ4v) is 3.47. The SMILES string of the molecule is Cc1ccc(NC(=O)CN(C)[C@@H](C(=O)Nc2cc(C)ccc2C)c2ccccc2)cc1. The Kier molecular flexibility index (Phi) is 7.21. The minimum atomic E-state index is -0.607. The lowest BCUT2D eigenvalue weighted by Gasteiger charge is -2.27. The van der Waals surface area contributed by atoms with E-state index < -0.39 is 6.04 Å². The summed E-state index contributed by atoms with van der Waals surface area (Å²) < 4.78 is 0. The van der Waals surface area contributed by atoms with Gasteiger partial charge in [-0.2, -0.15) is 0 Å². The predicted octanol–water partition coefficient (Wildman–Crippen LogP) is 4.86. The lowest BCUT2D eigenvalue weighted by Crippen LogP contribution is -2.39. The average Bonchev–Trinajstić information content (AvgIpc) is 2.73. The van der Waals surface area contributed by atoms with E-state index in [0.717, 1.165) is 33.6 Å². The van der Waals surface area contributed by atoms with Crippen molar-refractivity contribution >= 4 is 23.2 Å². The van der Waals surface area contributed by atoms with E-state index in [9.17, 15) is 9.59 Å². The summed E-state index contributed by atoms with van der Waals surface area (Å²) in [5, 5.41) is 5.95. The van der Waals surface area contributed by atoms with Crippen molar-refractivity contribution in [3.8, 4) is 0 Å². The molecule has 3 aromatic rings. The number of carbonyl (C=O) groups is 2. The van der Waals surface area contributed by atoms with E-state index in [-0.39, 0.29) is 18.4 Å². The molecule has 5 nitrogen and oxygen atoms in total. The van der Waals surface area contributed by atoms with Crippen molar-refractivity contribution in [1.29, 1.82) is 0 Å². The Hall–Kier alpha value is -3.44. The summed E-state index contributed by atoms with van der Waals surface area (Å²) in [7, 11) is 1.79. The zero-order valence-corrected chi connectivity index (χ0v) is 18.5. The molecule has 160 valence electrons. The monoisotopic (exact) mass is 415 g/mol. The second-order valence-corrected chi connectivity index (χ2v) is 7.95. The number of hydrogen-bond acceptors (Lipinski definition) is 3. The maximum Gasteiger partial charge on any atom is 0.246 e. The zero-order valence-electron chi connectivity index (χ0n) is 18.5. The molecule has 3 rings (SSSR count). The molecule has 2 N–H and O–H groups in total. The van der Waals surface area contributed by atoms with Gasteiger partial charge in [0.15, 0.2) is 0 Å². The Morgan fingerprint density at radius 3 is 2.16 bits per heavy atom. The highest BCUT2D eigenvalue weighted by Crippen LogP contribution is 2.24. The van der Waals surface area contributed by atoms with Crippen molar-refractivity contribution in [3.63, 3.8) is 0 Å². The quantitative estimate of drug-likeness (QED) is 0.579. The number of nitrogens with one attached hydrogen (secondary N) is 2. The topological polar surface area (TPSA) is 61.4 Å². The second-order valence-electron chi connectivity index (χ2n) is 7.95. The molecule has 1 atom stereocenters. The van der Waals surface area contributed by atoms with Crippen molar-refractivity contribution in [2.45, 2.75) is 26.8 Å². The number of benzene rings is 3. The largest absolute Gasteiger partial charge is 0.325 e. The molecule has 0 saturated carbocycles. The molecule has 0 heterocycles. The molecule has 0 saturated heterocycles. The number of hydrogen-bond donors (Lipinski definition) is 2. The van der Waals surface area contributed by atoms with Gasteiger partial charge in [0.05, 0.1) is 6.54 Å². The minimum absolute atomic E-state index is 0.0770. The van der Waals surface area contributed by atoms with Gasteiger partial charge in [-0.05, 0) is 62.7 Å². The molecule has 0 radical (unpaired) electrons. The molecule has 2 amide bonds. The van der Waals surface area contributed by atoms with Crippen molar-refractivity contribution in [1.82, 2.24) is 4.90 Å². The van der Waals surface area contributed by atoms with Gasteiger partial charge in [0, 0.05) is 11.4 Å². The molecule has 0 aliphatic heterocycles. The summed E-state index contributed by atoms with van der Waals surface area (Å²) in [6, 6.07) is 22.5. The third-order valence-corrected chi connectivity index (χ3v) is 5.18. The molecular formula is C26H29N3O2. The van der Waals surface area contributed by atoms with Crippen LogP contribution in [0.4, 0.5) is 11.4 Å². The van der Waals surface area contributed by atoms with Crippen LogP contribution in [0.2, 0.25) is 0 Å². The van der Waals surface area contributed by atoms with Crippen molar-refractivity contribution < 1.29 is 9.59 Å². The predicted molar refractivity (Wildman–Crippen MR) is 126 cm³/mol. The first-order valence-electron chi connectivity index (χ1n) is 10.3. The van der Waals surface area contributed by atoms with Gasteiger partial charge in [0.25, 0.3) is 0 Å². The van der Waals surface area contributed by atoms with Crippen LogP contribution in [0, 0.1) is 20.8 Å². The van der Waals surface area contributed by atoms with Crippen LogP contribution in [0.1, 0.15) is 28.3 Å². The number of carbonyl (C=O) groups excluding carboxylic acids is 2. The highest BCUT2D eigenvalue weighted by atomic mass is 16.2. The van der Waals surface area contributed by atoms with Crippen LogP contribution < -0.4 is 10.6 Å². The van der Waals surface area contributed by atoms with Crippen LogP contribution in [-0.4, -0.2) is 30.3 Å². The normalized spacial score (nSPS) is 11.8. The number of amides is 2. The number of anilines is 2. The maximum absolute atomic E-state index is 13.3. The van der Waals surface area contributed by atoms with Gasteiger partial charge >= 0.3 is 0 Å². The van der Waals surface area contributed by atoms with E-state index in [4.69, 9.17) is 0 Å². The fourth-order valence-electron chi connectivity index (χ4n) is 3.47. The van der Waals surface area contributed by atoms with E-state index in [0.29, 0.717) is 0 Å². The first-order valence-corrected chi connectivity index (χ1v) is 10.3. The van der Waals surface area contributed by atoms with E-state index in [2.05, 4.69) is 10.6 Å². The molecule has 0 unspecified atom stereocenters. The van der Waals surface area contributed by atoms with Crippen LogP contribution >= 0.6 is 0 Å². The molecule has 0 bridgehead atoms. The van der Waals surface area contributed by atoms with Crippen LogP contribution in [-0.2, 0) is 9.59 Å². The molecule has 0 aromatic heterocycles. The number of rotatable bonds is 7. The third kappa shape index (κ3) is 6.03. The first-order chi connectivity index (χ1) is 14.8. The molecule has 0 aliphatic carbocycles. The smallest absolute Gasteiger partial charge is 0.246 e. The number of aryl methyl sites for hydroxylation is 3. The minimum Gasteiger partial charge on any atom is -0.325 e. The van der Waals surface area contributed by atoms with Gasteiger partial charge in [0.2, 0.25) is 11.8 Å². The molecule has 5 heteroatoms. The highest BCUT2D eigenvalue weighted by molar-refractivity contribution is 5.97. The summed E-state index contributed by atoms with van der Waals surface area (Å²) in [5.74, 6) is -0.350. The van der Waals surface area contributed by atoms with E-state index in [1.165, 1.54) is 0 Å². The third-order valence-electron chi connectivity index (χ3n) is 5.18. The van der Waals surface area contributed by atoms with Gasteiger partial charge in [-0.3, -0.25) is 14.5 Å². The summed E-state index contributed by atoms with van der Waals surface area (Å²) in [4.78, 5) is 27.7. The van der Waals surface area contributed by atoms with Crippen molar-refractivity contribution in [2.24, 2.45) is 0 Å². The standard InChI is InChI=1S/C26H29N3O2/c1-18-11-14-22(15-12-18)27-24(30)17-29(4)25(21-8-6-5-7-9-21)26(31)28-23-16-19(2)10-13-20(23)3/h5-16,25H,17H2,1-4H3,(H,27,30)(H,28,31)/t25-/m1/s1. The van der Waals surface area contributed by atoms with Crippen molar-refractivity contribution in [2.75, 3.05) is 24.2 Å². The molecule has 0 aliphatic rings. The summed E-state index contributed by atoms with van der Waals surface area (Å²) in [6.07, 6.45) is 0. The summed E-state index contributed by atoms with van der Waals surface area (Å²) >= 11 is 0. The summed E-state index contributed by atoms with van der Waals surface area (Å²) in [5.41, 5.74) is 5.54. The first kappa shape index (κ1) is 22.2. The van der Waals surface area contributed by atoms with Crippen LogP contribution in [0.5, 0.6) is 0 Å². The van der Waals surface area contributed by atoms with Crippen LogP contribution in [0.3, 0.4) is 0 Å². The van der Waals surface area contributed by atoms with Gasteiger partial charge in [0.1, 0.15) is 6.04 Å². The van der Waals surface area contributed by atoms with E-state index in [1.807, 2.05) is 93.6 Å². The van der Waals surface area contributed by atoms with Gasteiger partial charge in [-0.15, -0.1) is 0 Å². The molecule has 31 heavy (non-hydrogen) atoms. The second kappa shape index (κ2) is 10.0. The molecular weight excluding hydrogens is 386 g/mol. The van der Waals surface area contributed by atoms with Crippen LogP contribution in [0.15, 0.2) is 72.8 Å². The van der Waals surface area contributed by atoms with Gasteiger partial charge in [-0.25, -0.2) is 0 Å². The Bertz CT molecular complexity index is 1050. The maximum atomic E-state index is 13.3. The lowest BCUT2D eigenvalue weighted by molar-refractivity contribution is -0.123. The number of likely N-dealkylation sites (N-methyl/N-ethyl adjacent to an activating group) is 1. The van der Waals surface area contributed by atoms with Gasteiger partial charge in [-0.1, -0.05) is 60.2 Å². The van der Waals surface area contributed by atoms with E-state index in [1.54, 1.807) is 11.9 Å². The average molecular weight is 416 g/mol. The lowest BCUT2D eigenvalue weighted by atomic mass is 10.0. The van der Waals surface area contributed by atoms with Gasteiger partial charge < -0.3 is 10.6 Å². The Balaban J connectivity index is 1.78. The molecule has 3 aromatic carbocycles. The zero-order chi connectivity index (χ0) is 22.4. The Labute approximate surface area is 184 Å². The Morgan fingerprint density at radius 2 is 1.48 bits per heavy atom. The van der Waals surface area contributed by atoms with E-state index >= 15 is 0 Å². The van der Waals surface area contributed by atoms with Crippen LogP contribution in [0.25, 0.3) is 0 Å².